The summed E-state index contributed by atoms with van der Waals surface area (Å²) in [6, 6.07) is 0.772. The maximum atomic E-state index is 3.58. The Morgan fingerprint density at radius 1 is 1.12 bits per heavy atom. The lowest BCUT2D eigenvalue weighted by Gasteiger charge is -2.37. The number of hydrogen-bond acceptors (Lipinski definition) is 2. The molecule has 0 amide bonds. The predicted octanol–water partition coefficient (Wildman–Crippen LogP) is 3.28. The van der Waals surface area contributed by atoms with Gasteiger partial charge in [0.05, 0.1) is 0 Å². The first-order chi connectivity index (χ1) is 8.17. The highest BCUT2D eigenvalue weighted by molar-refractivity contribution is 4.89. The molecule has 0 aliphatic heterocycles. The fourth-order valence-electron chi connectivity index (χ4n) is 3.48. The highest BCUT2D eigenvalue weighted by Crippen LogP contribution is 2.38. The molecule has 0 saturated heterocycles. The van der Waals surface area contributed by atoms with Crippen molar-refractivity contribution >= 4 is 0 Å². The van der Waals surface area contributed by atoms with Gasteiger partial charge in [-0.05, 0) is 44.7 Å². The maximum absolute atomic E-state index is 3.58. The monoisotopic (exact) mass is 240 g/mol. The number of nitrogens with one attached hydrogen (secondary N) is 1. The summed E-state index contributed by atoms with van der Waals surface area (Å²) in [5.74, 6) is 0. The largest absolute Gasteiger partial charge is 0.316 e. The smallest absolute Gasteiger partial charge is 0.00872 e. The van der Waals surface area contributed by atoms with Gasteiger partial charge in [-0.1, -0.05) is 33.6 Å². The lowest BCUT2D eigenvalue weighted by Crippen LogP contribution is -2.44. The van der Waals surface area contributed by atoms with Crippen molar-refractivity contribution in [3.63, 3.8) is 0 Å². The van der Waals surface area contributed by atoms with Crippen molar-refractivity contribution in [1.82, 2.24) is 10.2 Å². The summed E-state index contributed by atoms with van der Waals surface area (Å²) in [5.41, 5.74) is 0.563. The molecule has 1 aliphatic carbocycles. The molecule has 2 nitrogen and oxygen atoms in total. The molecule has 0 radical (unpaired) electrons. The van der Waals surface area contributed by atoms with Crippen LogP contribution in [0.2, 0.25) is 0 Å². The number of nitrogens with zero attached hydrogens (tertiary/aromatic N) is 1. The summed E-state index contributed by atoms with van der Waals surface area (Å²) >= 11 is 0. The topological polar surface area (TPSA) is 15.3 Å². The van der Waals surface area contributed by atoms with E-state index in [9.17, 15) is 0 Å². The van der Waals surface area contributed by atoms with Crippen molar-refractivity contribution in [1.29, 1.82) is 0 Å². The van der Waals surface area contributed by atoms with Crippen LogP contribution < -0.4 is 5.32 Å². The third kappa shape index (κ3) is 4.26. The van der Waals surface area contributed by atoms with Crippen molar-refractivity contribution in [3.05, 3.63) is 0 Å². The Morgan fingerprint density at radius 2 is 1.71 bits per heavy atom. The van der Waals surface area contributed by atoms with Crippen LogP contribution in [0.1, 0.15) is 59.3 Å². The number of rotatable bonds is 8. The minimum absolute atomic E-state index is 0.563. The third-order valence-electron chi connectivity index (χ3n) is 4.56. The van der Waals surface area contributed by atoms with Gasteiger partial charge in [0.1, 0.15) is 0 Å². The molecule has 1 fully saturated rings. The van der Waals surface area contributed by atoms with Crippen LogP contribution in [0.5, 0.6) is 0 Å². The Labute approximate surface area is 108 Å². The quantitative estimate of drug-likeness (QED) is 0.700. The Bertz CT molecular complexity index is 193. The summed E-state index contributed by atoms with van der Waals surface area (Å²) in [5, 5.41) is 3.58. The molecular weight excluding hydrogens is 208 g/mol. The van der Waals surface area contributed by atoms with Crippen LogP contribution in [0, 0.1) is 5.41 Å². The Balaban J connectivity index is 2.53. The summed E-state index contributed by atoms with van der Waals surface area (Å²) < 4.78 is 0. The molecule has 0 aromatic carbocycles. The van der Waals surface area contributed by atoms with E-state index in [-0.39, 0.29) is 0 Å². The molecule has 0 spiro atoms. The first-order valence-electron chi connectivity index (χ1n) is 7.58. The fraction of sp³-hybridized carbons (Fsp3) is 1.00. The second-order valence-corrected chi connectivity index (χ2v) is 5.87. The molecular formula is C15H32N2. The highest BCUT2D eigenvalue weighted by Gasteiger charge is 2.35. The molecule has 0 aromatic rings. The van der Waals surface area contributed by atoms with Gasteiger partial charge in [0, 0.05) is 19.1 Å². The fourth-order valence-corrected chi connectivity index (χ4v) is 3.48. The SMILES string of the molecule is CCNCC1(CN(C)C(CC)CC)CCCC1. The van der Waals surface area contributed by atoms with Crippen LogP contribution in [0.25, 0.3) is 0 Å². The van der Waals surface area contributed by atoms with Crippen LogP contribution in [0.3, 0.4) is 0 Å². The molecule has 1 rings (SSSR count). The van der Waals surface area contributed by atoms with E-state index in [1.54, 1.807) is 0 Å². The first kappa shape index (κ1) is 15.0. The van der Waals surface area contributed by atoms with E-state index < -0.39 is 0 Å². The normalized spacial score (nSPS) is 19.4. The van der Waals surface area contributed by atoms with Gasteiger partial charge < -0.3 is 10.2 Å². The minimum Gasteiger partial charge on any atom is -0.316 e. The summed E-state index contributed by atoms with van der Waals surface area (Å²) in [7, 11) is 2.32. The first-order valence-corrected chi connectivity index (χ1v) is 7.58. The van der Waals surface area contributed by atoms with E-state index in [2.05, 4.69) is 38.0 Å². The van der Waals surface area contributed by atoms with Gasteiger partial charge in [-0.15, -0.1) is 0 Å². The molecule has 102 valence electrons. The van der Waals surface area contributed by atoms with E-state index in [0.717, 1.165) is 12.6 Å². The molecule has 0 unspecified atom stereocenters. The molecule has 0 bridgehead atoms. The van der Waals surface area contributed by atoms with E-state index in [1.807, 2.05) is 0 Å². The average molecular weight is 240 g/mol. The Kier molecular flexibility index (Phi) is 6.50. The maximum Gasteiger partial charge on any atom is 0.00872 e. The Morgan fingerprint density at radius 3 is 2.18 bits per heavy atom. The third-order valence-corrected chi connectivity index (χ3v) is 4.56. The zero-order valence-electron chi connectivity index (χ0n) is 12.4. The number of hydrogen-bond donors (Lipinski definition) is 1. The lowest BCUT2D eigenvalue weighted by molar-refractivity contribution is 0.130. The van der Waals surface area contributed by atoms with Crippen LogP contribution in [0.15, 0.2) is 0 Å². The van der Waals surface area contributed by atoms with E-state index >= 15 is 0 Å². The standard InChI is InChI=1S/C15H32N2/c1-5-14(6-2)17(4)13-15(12-16-7-3)10-8-9-11-15/h14,16H,5-13H2,1-4H3. The van der Waals surface area contributed by atoms with Gasteiger partial charge >= 0.3 is 0 Å². The van der Waals surface area contributed by atoms with Gasteiger partial charge in [-0.2, -0.15) is 0 Å². The predicted molar refractivity (Wildman–Crippen MR) is 76.4 cm³/mol. The molecule has 1 aliphatic rings. The van der Waals surface area contributed by atoms with Gasteiger partial charge in [0.2, 0.25) is 0 Å². The molecule has 1 saturated carbocycles. The lowest BCUT2D eigenvalue weighted by atomic mass is 9.85. The zero-order valence-corrected chi connectivity index (χ0v) is 12.4. The van der Waals surface area contributed by atoms with Gasteiger partial charge in [-0.3, -0.25) is 0 Å². The van der Waals surface area contributed by atoms with E-state index in [4.69, 9.17) is 0 Å². The molecule has 0 heterocycles. The van der Waals surface area contributed by atoms with Crippen LogP contribution >= 0.6 is 0 Å². The van der Waals surface area contributed by atoms with E-state index in [1.165, 1.54) is 51.6 Å². The zero-order chi connectivity index (χ0) is 12.7. The molecule has 0 aromatic heterocycles. The van der Waals surface area contributed by atoms with Crippen LogP contribution in [0.4, 0.5) is 0 Å². The molecule has 17 heavy (non-hydrogen) atoms. The molecule has 2 heteroatoms. The molecule has 0 atom stereocenters. The van der Waals surface area contributed by atoms with Crippen molar-refractivity contribution < 1.29 is 0 Å². The van der Waals surface area contributed by atoms with Crippen molar-refractivity contribution in [2.24, 2.45) is 5.41 Å². The van der Waals surface area contributed by atoms with Crippen molar-refractivity contribution in [2.75, 3.05) is 26.7 Å². The summed E-state index contributed by atoms with van der Waals surface area (Å²) in [6.45, 7) is 10.5. The summed E-state index contributed by atoms with van der Waals surface area (Å²) in [6.07, 6.45) is 8.27. The van der Waals surface area contributed by atoms with Crippen LogP contribution in [-0.4, -0.2) is 37.6 Å². The highest BCUT2D eigenvalue weighted by atomic mass is 15.1. The Hall–Kier alpha value is -0.0800. The van der Waals surface area contributed by atoms with Gasteiger partial charge in [-0.25, -0.2) is 0 Å². The van der Waals surface area contributed by atoms with E-state index in [0.29, 0.717) is 5.41 Å². The van der Waals surface area contributed by atoms with Gasteiger partial charge in [0.25, 0.3) is 0 Å². The molecule has 1 N–H and O–H groups in total. The average Bonchev–Trinajstić information content (AvgIpc) is 2.77. The van der Waals surface area contributed by atoms with Crippen LogP contribution in [-0.2, 0) is 0 Å². The second-order valence-electron chi connectivity index (χ2n) is 5.87. The summed E-state index contributed by atoms with van der Waals surface area (Å²) in [4.78, 5) is 2.61. The van der Waals surface area contributed by atoms with Gasteiger partial charge in [0.15, 0.2) is 0 Å². The van der Waals surface area contributed by atoms with Crippen molar-refractivity contribution in [2.45, 2.75) is 65.3 Å². The second kappa shape index (κ2) is 7.38. The van der Waals surface area contributed by atoms with Crippen molar-refractivity contribution in [3.8, 4) is 0 Å². The minimum atomic E-state index is 0.563.